The van der Waals surface area contributed by atoms with E-state index in [2.05, 4.69) is 10.6 Å². The standard InChI is InChI=1S/C14H21N3O2/c1-3-19-11-7-10(8-11)17-13-6-9(15)4-5-12(13)14(18)16-2/h4-6,10-11,17H,3,7-8,15H2,1-2H3,(H,16,18). The minimum Gasteiger partial charge on any atom is -0.399 e. The number of ether oxygens (including phenoxy) is 1. The quantitative estimate of drug-likeness (QED) is 0.705. The minimum atomic E-state index is -0.108. The zero-order valence-electron chi connectivity index (χ0n) is 11.4. The Hall–Kier alpha value is -1.75. The molecule has 2 rings (SSSR count). The third kappa shape index (κ3) is 3.17. The van der Waals surface area contributed by atoms with Gasteiger partial charge in [-0.15, -0.1) is 0 Å². The van der Waals surface area contributed by atoms with Crippen LogP contribution in [-0.4, -0.2) is 31.7 Å². The average molecular weight is 263 g/mol. The average Bonchev–Trinajstić information content (AvgIpc) is 2.35. The monoisotopic (exact) mass is 263 g/mol. The van der Waals surface area contributed by atoms with E-state index < -0.39 is 0 Å². The molecule has 0 saturated heterocycles. The molecule has 19 heavy (non-hydrogen) atoms. The summed E-state index contributed by atoms with van der Waals surface area (Å²) in [4.78, 5) is 11.8. The summed E-state index contributed by atoms with van der Waals surface area (Å²) in [5, 5.41) is 6.01. The highest BCUT2D eigenvalue weighted by molar-refractivity contribution is 6.00. The Morgan fingerprint density at radius 1 is 1.47 bits per heavy atom. The summed E-state index contributed by atoms with van der Waals surface area (Å²) in [5.74, 6) is -0.108. The lowest BCUT2D eigenvalue weighted by Gasteiger charge is -2.36. The Balaban J connectivity index is 2.03. The first-order valence-electron chi connectivity index (χ1n) is 6.63. The number of nitrogen functional groups attached to an aromatic ring is 1. The summed E-state index contributed by atoms with van der Waals surface area (Å²) in [6.45, 7) is 2.75. The molecular formula is C14H21N3O2. The first kappa shape index (κ1) is 13.7. The second-order valence-electron chi connectivity index (χ2n) is 4.77. The van der Waals surface area contributed by atoms with Crippen molar-refractivity contribution >= 4 is 17.3 Å². The Morgan fingerprint density at radius 3 is 2.84 bits per heavy atom. The molecule has 1 aliphatic rings. The zero-order chi connectivity index (χ0) is 13.8. The smallest absolute Gasteiger partial charge is 0.253 e. The van der Waals surface area contributed by atoms with Crippen molar-refractivity contribution in [2.45, 2.75) is 31.9 Å². The lowest BCUT2D eigenvalue weighted by Crippen LogP contribution is -2.41. The second-order valence-corrected chi connectivity index (χ2v) is 4.77. The molecule has 104 valence electrons. The van der Waals surface area contributed by atoms with E-state index >= 15 is 0 Å². The van der Waals surface area contributed by atoms with Gasteiger partial charge in [-0.1, -0.05) is 0 Å². The van der Waals surface area contributed by atoms with Gasteiger partial charge in [0.15, 0.2) is 0 Å². The Kier molecular flexibility index (Phi) is 4.27. The zero-order valence-corrected chi connectivity index (χ0v) is 11.4. The van der Waals surface area contributed by atoms with Gasteiger partial charge in [0.05, 0.1) is 11.7 Å². The fraction of sp³-hybridized carbons (Fsp3) is 0.500. The summed E-state index contributed by atoms with van der Waals surface area (Å²) >= 11 is 0. The third-order valence-corrected chi connectivity index (χ3v) is 3.37. The van der Waals surface area contributed by atoms with Crippen LogP contribution in [0, 0.1) is 0 Å². The summed E-state index contributed by atoms with van der Waals surface area (Å²) in [6.07, 6.45) is 2.28. The van der Waals surface area contributed by atoms with Gasteiger partial charge in [0.25, 0.3) is 5.91 Å². The SMILES string of the molecule is CCOC1CC(Nc2cc(N)ccc2C(=O)NC)C1. The van der Waals surface area contributed by atoms with E-state index in [4.69, 9.17) is 10.5 Å². The van der Waals surface area contributed by atoms with Crippen molar-refractivity contribution in [2.75, 3.05) is 24.7 Å². The van der Waals surface area contributed by atoms with E-state index in [0.29, 0.717) is 23.4 Å². The van der Waals surface area contributed by atoms with Crippen molar-refractivity contribution in [2.24, 2.45) is 0 Å². The van der Waals surface area contributed by atoms with Crippen LogP contribution in [0.5, 0.6) is 0 Å². The van der Waals surface area contributed by atoms with E-state index in [0.717, 1.165) is 25.1 Å². The topological polar surface area (TPSA) is 76.4 Å². The van der Waals surface area contributed by atoms with Gasteiger partial charge in [0.2, 0.25) is 0 Å². The molecule has 0 aromatic heterocycles. The molecule has 0 radical (unpaired) electrons. The first-order valence-corrected chi connectivity index (χ1v) is 6.63. The minimum absolute atomic E-state index is 0.108. The predicted octanol–water partition coefficient (Wildman–Crippen LogP) is 1.61. The van der Waals surface area contributed by atoms with Crippen LogP contribution < -0.4 is 16.4 Å². The van der Waals surface area contributed by atoms with Gasteiger partial charge in [-0.25, -0.2) is 0 Å². The van der Waals surface area contributed by atoms with Crippen LogP contribution >= 0.6 is 0 Å². The van der Waals surface area contributed by atoms with Crippen molar-refractivity contribution < 1.29 is 9.53 Å². The molecule has 5 nitrogen and oxygen atoms in total. The molecule has 0 atom stereocenters. The fourth-order valence-electron chi connectivity index (χ4n) is 2.29. The number of rotatable bonds is 5. The van der Waals surface area contributed by atoms with Gasteiger partial charge < -0.3 is 21.1 Å². The van der Waals surface area contributed by atoms with Crippen LogP contribution in [0.25, 0.3) is 0 Å². The fourth-order valence-corrected chi connectivity index (χ4v) is 2.29. The lowest BCUT2D eigenvalue weighted by atomic mass is 9.88. The van der Waals surface area contributed by atoms with Crippen LogP contribution in [0.4, 0.5) is 11.4 Å². The molecule has 5 heteroatoms. The molecule has 1 aromatic rings. The molecule has 0 heterocycles. The van der Waals surface area contributed by atoms with Gasteiger partial charge in [-0.2, -0.15) is 0 Å². The van der Waals surface area contributed by atoms with E-state index in [1.165, 1.54) is 0 Å². The van der Waals surface area contributed by atoms with Crippen molar-refractivity contribution in [3.63, 3.8) is 0 Å². The maximum atomic E-state index is 11.8. The van der Waals surface area contributed by atoms with Crippen molar-refractivity contribution in [1.82, 2.24) is 5.32 Å². The van der Waals surface area contributed by atoms with E-state index in [9.17, 15) is 4.79 Å². The molecule has 1 saturated carbocycles. The highest BCUT2D eigenvalue weighted by Crippen LogP contribution is 2.29. The highest BCUT2D eigenvalue weighted by atomic mass is 16.5. The maximum Gasteiger partial charge on any atom is 0.253 e. The van der Waals surface area contributed by atoms with E-state index in [1.807, 2.05) is 6.92 Å². The summed E-state index contributed by atoms with van der Waals surface area (Å²) in [6, 6.07) is 5.63. The largest absolute Gasteiger partial charge is 0.399 e. The Labute approximate surface area is 113 Å². The number of benzene rings is 1. The van der Waals surface area contributed by atoms with Gasteiger partial charge in [-0.05, 0) is 38.0 Å². The van der Waals surface area contributed by atoms with Crippen molar-refractivity contribution in [1.29, 1.82) is 0 Å². The van der Waals surface area contributed by atoms with Crippen LogP contribution in [-0.2, 0) is 4.74 Å². The predicted molar refractivity (Wildman–Crippen MR) is 76.3 cm³/mol. The third-order valence-electron chi connectivity index (χ3n) is 3.37. The maximum absolute atomic E-state index is 11.8. The molecule has 0 bridgehead atoms. The van der Waals surface area contributed by atoms with Crippen LogP contribution in [0.15, 0.2) is 18.2 Å². The molecule has 4 N–H and O–H groups in total. The number of carbonyl (C=O) groups excluding carboxylic acids is 1. The van der Waals surface area contributed by atoms with Gasteiger partial charge >= 0.3 is 0 Å². The number of amides is 1. The molecule has 0 spiro atoms. The number of nitrogens with two attached hydrogens (primary N) is 1. The first-order chi connectivity index (χ1) is 9.13. The lowest BCUT2D eigenvalue weighted by molar-refractivity contribution is 0.00299. The molecule has 1 aliphatic carbocycles. The molecule has 1 amide bonds. The number of hydrogen-bond acceptors (Lipinski definition) is 4. The number of anilines is 2. The Morgan fingerprint density at radius 2 is 2.21 bits per heavy atom. The molecule has 1 fully saturated rings. The van der Waals surface area contributed by atoms with Crippen LogP contribution in [0.2, 0.25) is 0 Å². The normalized spacial score (nSPS) is 21.6. The van der Waals surface area contributed by atoms with Gasteiger partial charge in [0, 0.05) is 31.1 Å². The number of hydrogen-bond donors (Lipinski definition) is 3. The van der Waals surface area contributed by atoms with Gasteiger partial charge in [0.1, 0.15) is 0 Å². The van der Waals surface area contributed by atoms with Crippen LogP contribution in [0.1, 0.15) is 30.1 Å². The van der Waals surface area contributed by atoms with Crippen molar-refractivity contribution in [3.8, 4) is 0 Å². The molecular weight excluding hydrogens is 242 g/mol. The van der Waals surface area contributed by atoms with E-state index in [-0.39, 0.29) is 5.91 Å². The highest BCUT2D eigenvalue weighted by Gasteiger charge is 2.30. The van der Waals surface area contributed by atoms with Gasteiger partial charge in [-0.3, -0.25) is 4.79 Å². The Bertz CT molecular complexity index is 456. The van der Waals surface area contributed by atoms with Crippen molar-refractivity contribution in [3.05, 3.63) is 23.8 Å². The molecule has 0 aliphatic heterocycles. The van der Waals surface area contributed by atoms with E-state index in [1.54, 1.807) is 25.2 Å². The molecule has 0 unspecified atom stereocenters. The second kappa shape index (κ2) is 5.93. The number of nitrogens with one attached hydrogen (secondary N) is 2. The molecule has 1 aromatic carbocycles. The number of carbonyl (C=O) groups is 1. The summed E-state index contributed by atoms with van der Waals surface area (Å²) in [7, 11) is 1.62. The summed E-state index contributed by atoms with van der Waals surface area (Å²) < 4.78 is 5.52. The van der Waals surface area contributed by atoms with Crippen LogP contribution in [0.3, 0.4) is 0 Å². The summed E-state index contributed by atoms with van der Waals surface area (Å²) in [5.41, 5.74) is 7.84.